The second-order valence-corrected chi connectivity index (χ2v) is 7.34. The van der Waals surface area contributed by atoms with Gasteiger partial charge in [-0.05, 0) is 24.5 Å². The number of hydrogen-bond acceptors (Lipinski definition) is 3. The van der Waals surface area contributed by atoms with Crippen molar-refractivity contribution in [2.24, 2.45) is 0 Å². The van der Waals surface area contributed by atoms with Crippen LogP contribution in [0.3, 0.4) is 0 Å². The van der Waals surface area contributed by atoms with Crippen LogP contribution >= 0.6 is 26.6 Å². The Balaban J connectivity index is 2.15. The van der Waals surface area contributed by atoms with Gasteiger partial charge in [-0.1, -0.05) is 34.1 Å². The molecule has 0 fully saturated rings. The Kier molecular flexibility index (Phi) is 6.48. The number of unbranched alkanes of at least 4 members (excludes halogenated alkanes) is 1. The van der Waals surface area contributed by atoms with Gasteiger partial charge >= 0.3 is 0 Å². The molecule has 0 unspecified atom stereocenters. The van der Waals surface area contributed by atoms with Crippen molar-refractivity contribution in [2.75, 3.05) is 12.4 Å². The van der Waals surface area contributed by atoms with Crippen molar-refractivity contribution < 1.29 is 13.2 Å². The molecule has 0 aliphatic heterocycles. The summed E-state index contributed by atoms with van der Waals surface area (Å²) in [6.45, 7) is 1.06. The molecule has 17 heavy (non-hydrogen) atoms. The summed E-state index contributed by atoms with van der Waals surface area (Å²) in [6.07, 6.45) is 1.22. The van der Waals surface area contributed by atoms with Crippen molar-refractivity contribution in [2.45, 2.75) is 19.4 Å². The van der Waals surface area contributed by atoms with Gasteiger partial charge in [-0.15, -0.1) is 0 Å². The van der Waals surface area contributed by atoms with Gasteiger partial charge in [-0.25, -0.2) is 8.42 Å². The normalized spacial score (nSPS) is 11.6. The van der Waals surface area contributed by atoms with E-state index >= 15 is 0 Å². The summed E-state index contributed by atoms with van der Waals surface area (Å²) in [5, 5.41) is 0. The van der Waals surface area contributed by atoms with E-state index in [-0.39, 0.29) is 5.75 Å². The van der Waals surface area contributed by atoms with Crippen LogP contribution in [0.4, 0.5) is 0 Å². The summed E-state index contributed by atoms with van der Waals surface area (Å²) in [6, 6.07) is 7.83. The highest BCUT2D eigenvalue weighted by molar-refractivity contribution is 9.10. The van der Waals surface area contributed by atoms with Gasteiger partial charge < -0.3 is 4.74 Å². The first-order valence-corrected chi connectivity index (χ1v) is 8.49. The lowest BCUT2D eigenvalue weighted by Gasteiger charge is -2.05. The summed E-state index contributed by atoms with van der Waals surface area (Å²) in [7, 11) is 1.73. The van der Waals surface area contributed by atoms with Crippen LogP contribution in [-0.4, -0.2) is 20.8 Å². The SMILES string of the molecule is O=S(=O)(Cl)CCCCOCc1ccccc1Br. The minimum atomic E-state index is -3.36. The third-order valence-electron chi connectivity index (χ3n) is 2.14. The van der Waals surface area contributed by atoms with Gasteiger partial charge in [-0.3, -0.25) is 0 Å². The standard InChI is InChI=1S/C11H14BrClO3S/c12-11-6-2-1-5-10(11)9-16-7-3-4-8-17(13,14)15/h1-2,5-6H,3-4,7-9H2. The number of rotatable bonds is 7. The fourth-order valence-corrected chi connectivity index (χ4v) is 2.55. The molecule has 0 aliphatic rings. The molecule has 0 saturated carbocycles. The van der Waals surface area contributed by atoms with Crippen LogP contribution < -0.4 is 0 Å². The summed E-state index contributed by atoms with van der Waals surface area (Å²) in [5.41, 5.74) is 1.08. The molecule has 96 valence electrons. The van der Waals surface area contributed by atoms with Gasteiger partial charge in [0.05, 0.1) is 12.4 Å². The molecule has 0 N–H and O–H groups in total. The second kappa shape index (κ2) is 7.36. The maximum Gasteiger partial charge on any atom is 0.232 e. The quantitative estimate of drug-likeness (QED) is 0.564. The van der Waals surface area contributed by atoms with E-state index in [1.807, 2.05) is 24.3 Å². The van der Waals surface area contributed by atoms with E-state index in [4.69, 9.17) is 15.4 Å². The first-order valence-electron chi connectivity index (χ1n) is 5.22. The highest BCUT2D eigenvalue weighted by atomic mass is 79.9. The smallest absolute Gasteiger partial charge is 0.232 e. The van der Waals surface area contributed by atoms with E-state index in [9.17, 15) is 8.42 Å². The Morgan fingerprint density at radius 3 is 2.59 bits per heavy atom. The molecule has 0 bridgehead atoms. The molecule has 0 aromatic heterocycles. The van der Waals surface area contributed by atoms with Crippen LogP contribution in [0, 0.1) is 0 Å². The fraction of sp³-hybridized carbons (Fsp3) is 0.455. The Bertz CT molecular complexity index is 448. The second-order valence-electron chi connectivity index (χ2n) is 3.59. The Hall–Kier alpha value is -0.100. The predicted molar refractivity (Wildman–Crippen MR) is 72.7 cm³/mol. The Morgan fingerprint density at radius 2 is 1.94 bits per heavy atom. The molecule has 1 aromatic rings. The van der Waals surface area contributed by atoms with E-state index < -0.39 is 9.05 Å². The molecule has 1 rings (SSSR count). The van der Waals surface area contributed by atoms with Crippen molar-refractivity contribution in [3.8, 4) is 0 Å². The summed E-state index contributed by atoms with van der Waals surface area (Å²) in [5.74, 6) is 0.00689. The van der Waals surface area contributed by atoms with Crippen LogP contribution in [0.1, 0.15) is 18.4 Å². The summed E-state index contributed by atoms with van der Waals surface area (Å²) in [4.78, 5) is 0. The van der Waals surface area contributed by atoms with E-state index in [0.29, 0.717) is 26.1 Å². The number of benzene rings is 1. The Labute approximate surface area is 115 Å². The van der Waals surface area contributed by atoms with Crippen LogP contribution in [0.25, 0.3) is 0 Å². The lowest BCUT2D eigenvalue weighted by molar-refractivity contribution is 0.118. The molecular formula is C11H14BrClO3S. The molecule has 3 nitrogen and oxygen atoms in total. The lowest BCUT2D eigenvalue weighted by Crippen LogP contribution is -2.01. The van der Waals surface area contributed by atoms with E-state index in [1.165, 1.54) is 0 Å². The molecule has 0 radical (unpaired) electrons. The zero-order valence-corrected chi connectivity index (χ0v) is 12.4. The molecule has 6 heteroatoms. The minimum absolute atomic E-state index is 0.00689. The minimum Gasteiger partial charge on any atom is -0.377 e. The van der Waals surface area contributed by atoms with Crippen molar-refractivity contribution in [1.29, 1.82) is 0 Å². The van der Waals surface area contributed by atoms with Crippen molar-refractivity contribution >= 4 is 35.7 Å². The van der Waals surface area contributed by atoms with Crippen LogP contribution in [0.5, 0.6) is 0 Å². The summed E-state index contributed by atoms with van der Waals surface area (Å²) >= 11 is 3.43. The molecular weight excluding hydrogens is 328 g/mol. The van der Waals surface area contributed by atoms with Gasteiger partial charge in [0, 0.05) is 21.8 Å². The number of hydrogen-bond donors (Lipinski definition) is 0. The number of ether oxygens (including phenoxy) is 1. The molecule has 0 saturated heterocycles. The van der Waals surface area contributed by atoms with Gasteiger partial charge in [0.25, 0.3) is 0 Å². The zero-order valence-electron chi connectivity index (χ0n) is 9.23. The first kappa shape index (κ1) is 15.0. The van der Waals surface area contributed by atoms with E-state index in [1.54, 1.807) is 0 Å². The van der Waals surface area contributed by atoms with Crippen LogP contribution in [-0.2, 0) is 20.4 Å². The maximum atomic E-state index is 10.6. The van der Waals surface area contributed by atoms with E-state index in [2.05, 4.69) is 15.9 Å². The van der Waals surface area contributed by atoms with Crippen molar-refractivity contribution in [1.82, 2.24) is 0 Å². The van der Waals surface area contributed by atoms with Gasteiger partial charge in [0.1, 0.15) is 0 Å². The summed E-state index contributed by atoms with van der Waals surface area (Å²) < 4.78 is 27.8. The Morgan fingerprint density at radius 1 is 1.24 bits per heavy atom. The maximum absolute atomic E-state index is 10.6. The first-order chi connectivity index (χ1) is 7.99. The molecule has 0 aliphatic carbocycles. The number of halogens is 2. The monoisotopic (exact) mass is 340 g/mol. The predicted octanol–water partition coefficient (Wildman–Crippen LogP) is 3.31. The van der Waals surface area contributed by atoms with E-state index in [0.717, 1.165) is 10.0 Å². The third-order valence-corrected chi connectivity index (χ3v) is 4.16. The largest absolute Gasteiger partial charge is 0.377 e. The molecule has 0 amide bonds. The van der Waals surface area contributed by atoms with Crippen LogP contribution in [0.15, 0.2) is 28.7 Å². The van der Waals surface area contributed by atoms with Crippen LogP contribution in [0.2, 0.25) is 0 Å². The van der Waals surface area contributed by atoms with Gasteiger partial charge in [0.2, 0.25) is 9.05 Å². The highest BCUT2D eigenvalue weighted by Crippen LogP contribution is 2.16. The zero-order chi connectivity index (χ0) is 12.7. The van der Waals surface area contributed by atoms with Gasteiger partial charge in [0.15, 0.2) is 0 Å². The third kappa shape index (κ3) is 7.03. The molecule has 1 aromatic carbocycles. The molecule has 0 heterocycles. The average molecular weight is 342 g/mol. The van der Waals surface area contributed by atoms with Gasteiger partial charge in [-0.2, -0.15) is 0 Å². The highest BCUT2D eigenvalue weighted by Gasteiger charge is 2.04. The molecule has 0 atom stereocenters. The fourth-order valence-electron chi connectivity index (χ4n) is 1.28. The van der Waals surface area contributed by atoms with Crippen molar-refractivity contribution in [3.63, 3.8) is 0 Å². The average Bonchev–Trinajstić information content (AvgIpc) is 2.24. The molecule has 0 spiro atoms. The topological polar surface area (TPSA) is 43.4 Å². The lowest BCUT2D eigenvalue weighted by atomic mass is 10.2. The van der Waals surface area contributed by atoms with Crippen molar-refractivity contribution in [3.05, 3.63) is 34.3 Å².